The van der Waals surface area contributed by atoms with Gasteiger partial charge in [-0.1, -0.05) is 12.1 Å². The highest BCUT2D eigenvalue weighted by Crippen LogP contribution is 2.37. The van der Waals surface area contributed by atoms with Crippen molar-refractivity contribution >= 4 is 39.3 Å². The van der Waals surface area contributed by atoms with E-state index in [0.29, 0.717) is 21.5 Å². The van der Waals surface area contributed by atoms with Crippen molar-refractivity contribution in [2.45, 2.75) is 13.1 Å². The normalized spacial score (nSPS) is 11.9. The van der Waals surface area contributed by atoms with Gasteiger partial charge in [0.25, 0.3) is 0 Å². The Labute approximate surface area is 143 Å². The molecule has 0 spiro atoms. The molecule has 0 radical (unpaired) electrons. The van der Waals surface area contributed by atoms with E-state index in [0.717, 1.165) is 0 Å². The maximum absolute atomic E-state index is 13.4. The van der Waals surface area contributed by atoms with Crippen molar-refractivity contribution in [2.24, 2.45) is 0 Å². The first-order valence-electron chi connectivity index (χ1n) is 6.87. The molecule has 0 bridgehead atoms. The fourth-order valence-electron chi connectivity index (χ4n) is 2.37. The van der Waals surface area contributed by atoms with Gasteiger partial charge in [0.2, 0.25) is 0 Å². The van der Waals surface area contributed by atoms with Crippen LogP contribution in [0, 0.1) is 3.57 Å². The third-order valence-electron chi connectivity index (χ3n) is 3.29. The molecule has 0 amide bonds. The van der Waals surface area contributed by atoms with Gasteiger partial charge >= 0.3 is 6.18 Å². The van der Waals surface area contributed by atoms with E-state index in [1.54, 1.807) is 24.3 Å². The molecular formula is C15H12F3IN4. The molecule has 3 aromatic rings. The third-order valence-corrected chi connectivity index (χ3v) is 4.18. The lowest BCUT2D eigenvalue weighted by molar-refractivity contribution is -0.140. The zero-order valence-electron chi connectivity index (χ0n) is 12.0. The van der Waals surface area contributed by atoms with Crippen LogP contribution in [0.5, 0.6) is 0 Å². The first-order valence-corrected chi connectivity index (χ1v) is 7.95. The number of anilines is 1. The highest BCUT2D eigenvalue weighted by molar-refractivity contribution is 14.1. The van der Waals surface area contributed by atoms with Crippen LogP contribution in [0.2, 0.25) is 0 Å². The van der Waals surface area contributed by atoms with Gasteiger partial charge in [-0.3, -0.25) is 0 Å². The number of hydrogen-bond donors (Lipinski definition) is 1. The minimum absolute atomic E-state index is 0.0203. The summed E-state index contributed by atoms with van der Waals surface area (Å²) in [5.41, 5.74) is 0.504. The summed E-state index contributed by atoms with van der Waals surface area (Å²) in [5, 5.41) is 6.97. The Morgan fingerprint density at radius 2 is 1.96 bits per heavy atom. The van der Waals surface area contributed by atoms with E-state index in [4.69, 9.17) is 0 Å². The molecule has 2 aromatic heterocycles. The number of aromatic nitrogens is 3. The molecular weight excluding hydrogens is 420 g/mol. The van der Waals surface area contributed by atoms with E-state index in [2.05, 4.69) is 15.4 Å². The van der Waals surface area contributed by atoms with Crippen LogP contribution >= 0.6 is 22.6 Å². The number of para-hydroxylation sites is 2. The van der Waals surface area contributed by atoms with Gasteiger partial charge in [0.1, 0.15) is 0 Å². The number of halogens is 4. The lowest BCUT2D eigenvalue weighted by Crippen LogP contribution is -2.09. The molecule has 0 aliphatic rings. The van der Waals surface area contributed by atoms with Crippen LogP contribution in [0.25, 0.3) is 16.7 Å². The van der Waals surface area contributed by atoms with Crippen molar-refractivity contribution in [3.05, 3.63) is 45.8 Å². The van der Waals surface area contributed by atoms with Crippen molar-refractivity contribution in [3.63, 3.8) is 0 Å². The van der Waals surface area contributed by atoms with E-state index in [-0.39, 0.29) is 11.0 Å². The molecule has 120 valence electrons. The van der Waals surface area contributed by atoms with Gasteiger partial charge in [0.15, 0.2) is 11.3 Å². The second-order valence-corrected chi connectivity index (χ2v) is 5.96. The zero-order chi connectivity index (χ0) is 16.6. The molecule has 0 saturated carbocycles. The Hall–Kier alpha value is -1.84. The van der Waals surface area contributed by atoms with E-state index >= 15 is 0 Å². The molecule has 0 atom stereocenters. The van der Waals surface area contributed by atoms with Crippen molar-refractivity contribution in [1.82, 2.24) is 14.8 Å². The number of hydrogen-bond acceptors (Lipinski definition) is 3. The predicted octanol–water partition coefficient (Wildman–Crippen LogP) is 4.48. The quantitative estimate of drug-likeness (QED) is 0.621. The van der Waals surface area contributed by atoms with Crippen LogP contribution in [0.15, 0.2) is 36.5 Å². The van der Waals surface area contributed by atoms with Gasteiger partial charge in [0, 0.05) is 16.3 Å². The second-order valence-electron chi connectivity index (χ2n) is 4.80. The number of nitrogens with zero attached hydrogens (tertiary/aromatic N) is 3. The standard InChI is InChI=1S/C15H12F3IN4/c1-2-20-10-5-3-4-6-11(10)23-14-12(9(19)7-8-21-14)13(22-23)15(16,17)18/h3-8,20H,2H2,1H3. The van der Waals surface area contributed by atoms with Crippen molar-refractivity contribution in [2.75, 3.05) is 11.9 Å². The van der Waals surface area contributed by atoms with E-state index < -0.39 is 11.9 Å². The second kappa shape index (κ2) is 5.99. The number of pyridine rings is 1. The summed E-state index contributed by atoms with van der Waals surface area (Å²) in [6.45, 7) is 2.56. The molecule has 0 saturated heterocycles. The number of fused-ring (bicyclic) bond motifs is 1. The number of nitrogens with one attached hydrogen (secondary N) is 1. The van der Waals surface area contributed by atoms with E-state index in [1.165, 1.54) is 10.9 Å². The van der Waals surface area contributed by atoms with E-state index in [1.807, 2.05) is 35.6 Å². The van der Waals surface area contributed by atoms with Crippen LogP contribution in [-0.4, -0.2) is 21.3 Å². The summed E-state index contributed by atoms with van der Waals surface area (Å²) in [7, 11) is 0. The Balaban J connectivity index is 2.34. The average Bonchev–Trinajstić information content (AvgIpc) is 2.89. The third kappa shape index (κ3) is 2.87. The minimum Gasteiger partial charge on any atom is -0.384 e. The molecule has 2 heterocycles. The number of alkyl halides is 3. The maximum Gasteiger partial charge on any atom is 0.435 e. The van der Waals surface area contributed by atoms with Gasteiger partial charge in [-0.2, -0.15) is 18.3 Å². The first-order chi connectivity index (χ1) is 10.9. The molecule has 3 rings (SSSR count). The van der Waals surface area contributed by atoms with Gasteiger partial charge < -0.3 is 5.32 Å². The Morgan fingerprint density at radius 1 is 1.22 bits per heavy atom. The molecule has 0 aliphatic carbocycles. The summed E-state index contributed by atoms with van der Waals surface area (Å²) in [6, 6.07) is 8.62. The SMILES string of the molecule is CCNc1ccccc1-n1nc(C(F)(F)F)c2c(I)ccnc21. The van der Waals surface area contributed by atoms with Crippen molar-refractivity contribution in [1.29, 1.82) is 0 Å². The van der Waals surface area contributed by atoms with Crippen molar-refractivity contribution < 1.29 is 13.2 Å². The van der Waals surface area contributed by atoms with Crippen LogP contribution in [0.1, 0.15) is 12.6 Å². The Bertz CT molecular complexity index is 858. The molecule has 23 heavy (non-hydrogen) atoms. The van der Waals surface area contributed by atoms with Gasteiger partial charge in [-0.05, 0) is 47.7 Å². The molecule has 8 heteroatoms. The van der Waals surface area contributed by atoms with Crippen LogP contribution < -0.4 is 5.32 Å². The maximum atomic E-state index is 13.4. The lowest BCUT2D eigenvalue weighted by atomic mass is 10.2. The van der Waals surface area contributed by atoms with Gasteiger partial charge in [-0.25, -0.2) is 9.67 Å². The zero-order valence-corrected chi connectivity index (χ0v) is 14.2. The Morgan fingerprint density at radius 3 is 2.65 bits per heavy atom. The largest absolute Gasteiger partial charge is 0.435 e. The van der Waals surface area contributed by atoms with Gasteiger partial charge in [-0.15, -0.1) is 0 Å². The average molecular weight is 432 g/mol. The summed E-state index contributed by atoms with van der Waals surface area (Å²) < 4.78 is 41.8. The molecule has 0 fully saturated rings. The highest BCUT2D eigenvalue weighted by Gasteiger charge is 2.38. The molecule has 0 unspecified atom stereocenters. The fourth-order valence-corrected chi connectivity index (χ4v) is 3.03. The Kier molecular flexibility index (Phi) is 4.17. The molecule has 0 aliphatic heterocycles. The predicted molar refractivity (Wildman–Crippen MR) is 90.7 cm³/mol. The monoisotopic (exact) mass is 432 g/mol. The summed E-state index contributed by atoms with van der Waals surface area (Å²) in [4.78, 5) is 4.12. The van der Waals surface area contributed by atoms with Crippen LogP contribution in [0.4, 0.5) is 18.9 Å². The van der Waals surface area contributed by atoms with Crippen LogP contribution in [-0.2, 0) is 6.18 Å². The topological polar surface area (TPSA) is 42.7 Å². The number of benzene rings is 1. The molecule has 1 aromatic carbocycles. The van der Waals surface area contributed by atoms with Crippen LogP contribution in [0.3, 0.4) is 0 Å². The van der Waals surface area contributed by atoms with Crippen molar-refractivity contribution in [3.8, 4) is 5.69 Å². The summed E-state index contributed by atoms with van der Waals surface area (Å²) >= 11 is 1.87. The van der Waals surface area contributed by atoms with E-state index in [9.17, 15) is 13.2 Å². The van der Waals surface area contributed by atoms with Gasteiger partial charge in [0.05, 0.1) is 16.8 Å². The summed E-state index contributed by atoms with van der Waals surface area (Å²) in [5.74, 6) is 0. The fraction of sp³-hybridized carbons (Fsp3) is 0.200. The molecule has 4 nitrogen and oxygen atoms in total. The number of rotatable bonds is 3. The minimum atomic E-state index is -4.54. The summed E-state index contributed by atoms with van der Waals surface area (Å²) in [6.07, 6.45) is -3.06. The lowest BCUT2D eigenvalue weighted by Gasteiger charge is -2.11. The molecule has 1 N–H and O–H groups in total. The smallest absolute Gasteiger partial charge is 0.384 e. The highest BCUT2D eigenvalue weighted by atomic mass is 127. The first kappa shape index (κ1) is 16.0.